The van der Waals surface area contributed by atoms with Gasteiger partial charge < -0.3 is 10.6 Å². The van der Waals surface area contributed by atoms with Gasteiger partial charge in [0.15, 0.2) is 5.65 Å². The SMILES string of the molecule is Cc1ccc(Nc2nc(NCc3ccccc3)nc3c2cnn3C)cc1. The molecule has 0 saturated carbocycles. The minimum Gasteiger partial charge on any atom is -0.350 e. The van der Waals surface area contributed by atoms with E-state index in [0.29, 0.717) is 12.5 Å². The summed E-state index contributed by atoms with van der Waals surface area (Å²) in [4.78, 5) is 9.26. The van der Waals surface area contributed by atoms with Crippen LogP contribution in [0.1, 0.15) is 11.1 Å². The average Bonchev–Trinajstić information content (AvgIpc) is 3.04. The van der Waals surface area contributed by atoms with E-state index in [-0.39, 0.29) is 0 Å². The van der Waals surface area contributed by atoms with Crippen LogP contribution >= 0.6 is 0 Å². The Bertz CT molecular complexity index is 1020. The molecular formula is C20H20N6. The van der Waals surface area contributed by atoms with Gasteiger partial charge in [-0.2, -0.15) is 15.1 Å². The molecular weight excluding hydrogens is 324 g/mol. The Kier molecular flexibility index (Phi) is 4.23. The van der Waals surface area contributed by atoms with E-state index in [1.807, 2.05) is 37.4 Å². The molecule has 2 N–H and O–H groups in total. The number of aromatic nitrogens is 4. The maximum Gasteiger partial charge on any atom is 0.227 e. The van der Waals surface area contributed by atoms with Crippen molar-refractivity contribution >= 4 is 28.5 Å². The summed E-state index contributed by atoms with van der Waals surface area (Å²) in [6, 6.07) is 18.4. The van der Waals surface area contributed by atoms with E-state index in [2.05, 4.69) is 56.9 Å². The zero-order chi connectivity index (χ0) is 17.9. The molecule has 0 atom stereocenters. The van der Waals surface area contributed by atoms with Gasteiger partial charge in [-0.1, -0.05) is 48.0 Å². The number of aryl methyl sites for hydroxylation is 2. The maximum absolute atomic E-state index is 4.66. The van der Waals surface area contributed by atoms with E-state index < -0.39 is 0 Å². The van der Waals surface area contributed by atoms with Gasteiger partial charge in [-0.15, -0.1) is 0 Å². The van der Waals surface area contributed by atoms with Crippen LogP contribution in [0.2, 0.25) is 0 Å². The summed E-state index contributed by atoms with van der Waals surface area (Å²) in [5.41, 5.74) is 4.16. The minimum atomic E-state index is 0.569. The first kappa shape index (κ1) is 16.1. The lowest BCUT2D eigenvalue weighted by Gasteiger charge is -2.10. The third kappa shape index (κ3) is 3.35. The number of fused-ring (bicyclic) bond motifs is 1. The van der Waals surface area contributed by atoms with Crippen molar-refractivity contribution in [2.24, 2.45) is 7.05 Å². The standard InChI is InChI=1S/C20H20N6/c1-14-8-10-16(11-9-14)23-18-17-13-22-26(2)19(17)25-20(24-18)21-12-15-6-4-3-5-7-15/h3-11,13H,12H2,1-2H3,(H2,21,23,24,25). The second-order valence-corrected chi connectivity index (χ2v) is 6.23. The van der Waals surface area contributed by atoms with Crippen molar-refractivity contribution in [2.75, 3.05) is 10.6 Å². The zero-order valence-electron chi connectivity index (χ0n) is 14.8. The molecule has 0 fully saturated rings. The first-order valence-electron chi connectivity index (χ1n) is 8.50. The molecule has 2 heterocycles. The fourth-order valence-electron chi connectivity index (χ4n) is 2.75. The molecule has 0 saturated heterocycles. The number of benzene rings is 2. The summed E-state index contributed by atoms with van der Waals surface area (Å²) in [6.45, 7) is 2.73. The Morgan fingerprint density at radius 1 is 0.962 bits per heavy atom. The highest BCUT2D eigenvalue weighted by Crippen LogP contribution is 2.25. The van der Waals surface area contributed by atoms with Crippen LogP contribution in [0.25, 0.3) is 11.0 Å². The smallest absolute Gasteiger partial charge is 0.227 e. The van der Waals surface area contributed by atoms with E-state index in [1.54, 1.807) is 10.9 Å². The maximum atomic E-state index is 4.66. The lowest BCUT2D eigenvalue weighted by atomic mass is 10.2. The quantitative estimate of drug-likeness (QED) is 0.572. The fraction of sp³-hybridized carbons (Fsp3) is 0.150. The lowest BCUT2D eigenvalue weighted by molar-refractivity contribution is 0.785. The lowest BCUT2D eigenvalue weighted by Crippen LogP contribution is -2.06. The Labute approximate surface area is 151 Å². The van der Waals surface area contributed by atoms with Gasteiger partial charge in [0, 0.05) is 19.3 Å². The Balaban J connectivity index is 1.65. The molecule has 130 valence electrons. The largest absolute Gasteiger partial charge is 0.350 e. The summed E-state index contributed by atoms with van der Waals surface area (Å²) < 4.78 is 1.75. The van der Waals surface area contributed by atoms with Crippen LogP contribution in [-0.4, -0.2) is 19.7 Å². The number of nitrogens with one attached hydrogen (secondary N) is 2. The van der Waals surface area contributed by atoms with Crippen LogP contribution in [0.4, 0.5) is 17.5 Å². The van der Waals surface area contributed by atoms with Gasteiger partial charge in [0.25, 0.3) is 0 Å². The van der Waals surface area contributed by atoms with Crippen LogP contribution in [0.15, 0.2) is 60.8 Å². The number of nitrogens with zero attached hydrogens (tertiary/aromatic N) is 4. The van der Waals surface area contributed by atoms with Gasteiger partial charge in [0.1, 0.15) is 5.82 Å². The molecule has 0 aliphatic carbocycles. The van der Waals surface area contributed by atoms with Crippen LogP contribution in [-0.2, 0) is 13.6 Å². The first-order chi connectivity index (χ1) is 12.7. The van der Waals surface area contributed by atoms with E-state index in [1.165, 1.54) is 11.1 Å². The molecule has 0 aliphatic rings. The predicted octanol–water partition coefficient (Wildman–Crippen LogP) is 4.03. The van der Waals surface area contributed by atoms with Gasteiger partial charge in [0.05, 0.1) is 11.6 Å². The first-order valence-corrected chi connectivity index (χ1v) is 8.50. The van der Waals surface area contributed by atoms with E-state index >= 15 is 0 Å². The molecule has 6 heteroatoms. The molecule has 4 rings (SSSR count). The minimum absolute atomic E-state index is 0.569. The second-order valence-electron chi connectivity index (χ2n) is 6.23. The average molecular weight is 344 g/mol. The van der Waals surface area contributed by atoms with Gasteiger partial charge in [-0.3, -0.25) is 4.68 Å². The monoisotopic (exact) mass is 344 g/mol. The molecule has 0 aliphatic heterocycles. The van der Waals surface area contributed by atoms with Crippen molar-refractivity contribution in [3.8, 4) is 0 Å². The summed E-state index contributed by atoms with van der Waals surface area (Å²) in [7, 11) is 1.88. The Morgan fingerprint density at radius 3 is 2.50 bits per heavy atom. The third-order valence-corrected chi connectivity index (χ3v) is 4.20. The highest BCUT2D eigenvalue weighted by atomic mass is 15.3. The van der Waals surface area contributed by atoms with E-state index in [0.717, 1.165) is 22.5 Å². The molecule has 2 aromatic carbocycles. The number of hydrogen-bond donors (Lipinski definition) is 2. The van der Waals surface area contributed by atoms with E-state index in [9.17, 15) is 0 Å². The topological polar surface area (TPSA) is 67.7 Å². The number of hydrogen-bond acceptors (Lipinski definition) is 5. The molecule has 26 heavy (non-hydrogen) atoms. The van der Waals surface area contributed by atoms with Crippen molar-refractivity contribution in [3.05, 3.63) is 71.9 Å². The van der Waals surface area contributed by atoms with Crippen molar-refractivity contribution in [3.63, 3.8) is 0 Å². The second kappa shape index (κ2) is 6.84. The summed E-state index contributed by atoms with van der Waals surface area (Å²) >= 11 is 0. The molecule has 2 aromatic heterocycles. The molecule has 0 bridgehead atoms. The van der Waals surface area contributed by atoms with Crippen molar-refractivity contribution in [2.45, 2.75) is 13.5 Å². The van der Waals surface area contributed by atoms with Gasteiger partial charge in [0.2, 0.25) is 5.95 Å². The molecule has 0 spiro atoms. The van der Waals surface area contributed by atoms with Gasteiger partial charge >= 0.3 is 0 Å². The Hall–Kier alpha value is -3.41. The molecule has 6 nitrogen and oxygen atoms in total. The predicted molar refractivity (Wildman–Crippen MR) is 105 cm³/mol. The number of anilines is 3. The third-order valence-electron chi connectivity index (χ3n) is 4.20. The summed E-state index contributed by atoms with van der Waals surface area (Å²) in [5, 5.41) is 11.9. The van der Waals surface area contributed by atoms with Crippen molar-refractivity contribution < 1.29 is 0 Å². The van der Waals surface area contributed by atoms with Gasteiger partial charge in [-0.05, 0) is 24.6 Å². The van der Waals surface area contributed by atoms with E-state index in [4.69, 9.17) is 0 Å². The molecule has 0 unspecified atom stereocenters. The normalized spacial score (nSPS) is 10.8. The molecule has 0 amide bonds. The number of rotatable bonds is 5. The van der Waals surface area contributed by atoms with Crippen LogP contribution in [0.3, 0.4) is 0 Å². The molecule has 0 radical (unpaired) electrons. The zero-order valence-corrected chi connectivity index (χ0v) is 14.8. The van der Waals surface area contributed by atoms with Crippen LogP contribution < -0.4 is 10.6 Å². The van der Waals surface area contributed by atoms with Crippen molar-refractivity contribution in [1.29, 1.82) is 0 Å². The highest BCUT2D eigenvalue weighted by Gasteiger charge is 2.12. The van der Waals surface area contributed by atoms with Crippen molar-refractivity contribution in [1.82, 2.24) is 19.7 Å². The van der Waals surface area contributed by atoms with Crippen LogP contribution in [0.5, 0.6) is 0 Å². The fourth-order valence-corrected chi connectivity index (χ4v) is 2.75. The summed E-state index contributed by atoms with van der Waals surface area (Å²) in [6.07, 6.45) is 1.78. The Morgan fingerprint density at radius 2 is 1.73 bits per heavy atom. The van der Waals surface area contributed by atoms with Gasteiger partial charge in [-0.25, -0.2) is 0 Å². The van der Waals surface area contributed by atoms with Crippen LogP contribution in [0, 0.1) is 6.92 Å². The molecule has 4 aromatic rings. The summed E-state index contributed by atoms with van der Waals surface area (Å²) in [5.74, 6) is 1.31. The highest BCUT2D eigenvalue weighted by molar-refractivity contribution is 5.89.